The molecule has 0 spiro atoms. The molecule has 158 valence electrons. The summed E-state index contributed by atoms with van der Waals surface area (Å²) in [5.74, 6) is -0.197. The molecule has 1 saturated heterocycles. The number of nitrogens with one attached hydrogen (secondary N) is 1. The number of fused-ring (bicyclic) bond motifs is 1. The van der Waals surface area contributed by atoms with Gasteiger partial charge in [-0.15, -0.1) is 0 Å². The third-order valence-electron chi connectivity index (χ3n) is 5.38. The van der Waals surface area contributed by atoms with Crippen LogP contribution in [-0.2, 0) is 12.7 Å². The second-order valence-electron chi connectivity index (χ2n) is 7.57. The normalized spacial score (nSPS) is 16.1. The van der Waals surface area contributed by atoms with E-state index < -0.39 is 11.7 Å². The van der Waals surface area contributed by atoms with Gasteiger partial charge in [-0.3, -0.25) is 9.69 Å². The smallest absolute Gasteiger partial charge is 0.349 e. The number of carbonyl (C=O) groups is 1. The van der Waals surface area contributed by atoms with E-state index in [0.29, 0.717) is 42.1 Å². The van der Waals surface area contributed by atoms with Crippen LogP contribution in [0.2, 0.25) is 0 Å². The molecule has 3 heterocycles. The van der Waals surface area contributed by atoms with E-state index in [1.807, 2.05) is 0 Å². The average Bonchev–Trinajstić information content (AvgIpc) is 3.05. The number of nitrogens with zero attached hydrogens (tertiary/aromatic N) is 4. The number of amides is 1. The number of alkyl halides is 3. The van der Waals surface area contributed by atoms with E-state index in [4.69, 9.17) is 0 Å². The fourth-order valence-corrected chi connectivity index (χ4v) is 3.86. The third-order valence-corrected chi connectivity index (χ3v) is 5.38. The summed E-state index contributed by atoms with van der Waals surface area (Å²) >= 11 is 0. The number of aryl methyl sites for hydroxylation is 1. The molecule has 1 N–H and O–H groups in total. The molecule has 1 aromatic carbocycles. The van der Waals surface area contributed by atoms with Crippen LogP contribution in [0.25, 0.3) is 5.65 Å². The van der Waals surface area contributed by atoms with Gasteiger partial charge in [-0.2, -0.15) is 18.3 Å². The zero-order valence-electron chi connectivity index (χ0n) is 16.5. The van der Waals surface area contributed by atoms with Crippen LogP contribution in [0, 0.1) is 6.92 Å². The Bertz CT molecular complexity index is 1050. The minimum atomic E-state index is -4.33. The fourth-order valence-electron chi connectivity index (χ4n) is 3.86. The molecule has 2 aromatic heterocycles. The first-order valence-electron chi connectivity index (χ1n) is 9.80. The lowest BCUT2D eigenvalue weighted by atomic mass is 10.0. The van der Waals surface area contributed by atoms with Gasteiger partial charge in [-0.1, -0.05) is 18.2 Å². The first-order valence-corrected chi connectivity index (χ1v) is 9.80. The molecule has 0 radical (unpaired) electrons. The van der Waals surface area contributed by atoms with Crippen molar-refractivity contribution in [3.8, 4) is 0 Å². The summed E-state index contributed by atoms with van der Waals surface area (Å²) < 4.78 is 40.3. The first kappa shape index (κ1) is 20.3. The summed E-state index contributed by atoms with van der Waals surface area (Å²) in [6.45, 7) is 3.64. The molecule has 0 aliphatic carbocycles. The van der Waals surface area contributed by atoms with Crippen molar-refractivity contribution in [3.63, 3.8) is 0 Å². The Morgan fingerprint density at radius 1 is 1.23 bits per heavy atom. The molecule has 1 aliphatic heterocycles. The number of hydrogen-bond acceptors (Lipinski definition) is 4. The fraction of sp³-hybridized carbons (Fsp3) is 0.381. The summed E-state index contributed by atoms with van der Waals surface area (Å²) in [6.07, 6.45) is 0.503. The number of halogens is 3. The van der Waals surface area contributed by atoms with Crippen LogP contribution in [0.1, 0.15) is 40.0 Å². The molecular formula is C21H22F3N5O. The van der Waals surface area contributed by atoms with E-state index in [-0.39, 0.29) is 11.9 Å². The van der Waals surface area contributed by atoms with Crippen molar-refractivity contribution < 1.29 is 18.0 Å². The van der Waals surface area contributed by atoms with E-state index in [1.54, 1.807) is 36.0 Å². The maximum Gasteiger partial charge on any atom is 0.416 e. The average molecular weight is 417 g/mol. The highest BCUT2D eigenvalue weighted by molar-refractivity contribution is 6.01. The quantitative estimate of drug-likeness (QED) is 0.706. The molecule has 0 atom stereocenters. The van der Waals surface area contributed by atoms with Crippen LogP contribution in [-0.4, -0.2) is 44.5 Å². The minimum Gasteiger partial charge on any atom is -0.349 e. The summed E-state index contributed by atoms with van der Waals surface area (Å²) in [4.78, 5) is 19.2. The summed E-state index contributed by atoms with van der Waals surface area (Å²) in [5, 5.41) is 7.38. The van der Waals surface area contributed by atoms with Crippen molar-refractivity contribution in [1.82, 2.24) is 24.8 Å². The molecule has 4 rings (SSSR count). The zero-order chi connectivity index (χ0) is 21.3. The van der Waals surface area contributed by atoms with E-state index in [0.717, 1.165) is 18.9 Å². The van der Waals surface area contributed by atoms with E-state index in [2.05, 4.69) is 20.3 Å². The van der Waals surface area contributed by atoms with Gasteiger partial charge in [0.15, 0.2) is 5.65 Å². The van der Waals surface area contributed by atoms with Gasteiger partial charge in [0.1, 0.15) is 5.56 Å². The number of rotatable bonds is 4. The van der Waals surface area contributed by atoms with E-state index in [1.165, 1.54) is 12.1 Å². The van der Waals surface area contributed by atoms with Gasteiger partial charge in [-0.05, 0) is 37.5 Å². The van der Waals surface area contributed by atoms with Crippen molar-refractivity contribution in [2.24, 2.45) is 0 Å². The van der Waals surface area contributed by atoms with Gasteiger partial charge >= 0.3 is 6.18 Å². The summed E-state index contributed by atoms with van der Waals surface area (Å²) in [7, 11) is 0. The second kappa shape index (κ2) is 8.06. The monoisotopic (exact) mass is 417 g/mol. The van der Waals surface area contributed by atoms with Crippen molar-refractivity contribution in [2.45, 2.75) is 38.5 Å². The molecule has 3 aromatic rings. The Balaban J connectivity index is 1.35. The van der Waals surface area contributed by atoms with E-state index in [9.17, 15) is 18.0 Å². The van der Waals surface area contributed by atoms with Crippen molar-refractivity contribution in [1.29, 1.82) is 0 Å². The van der Waals surface area contributed by atoms with Crippen LogP contribution < -0.4 is 5.32 Å². The highest BCUT2D eigenvalue weighted by Gasteiger charge is 2.30. The van der Waals surface area contributed by atoms with Gasteiger partial charge in [0.05, 0.1) is 11.3 Å². The van der Waals surface area contributed by atoms with Gasteiger partial charge in [0.25, 0.3) is 5.91 Å². The highest BCUT2D eigenvalue weighted by Crippen LogP contribution is 2.30. The molecular weight excluding hydrogens is 395 g/mol. The molecule has 9 heteroatoms. The standard InChI is InChI=1S/C21H22F3N5O/c1-14-18(19-25-8-3-9-29(19)27-14)20(30)26-17-6-10-28(11-7-17)13-15-4-2-5-16(12-15)21(22,23)24/h2-5,8-9,12,17H,6-7,10-11,13H2,1H3,(H,26,30). The summed E-state index contributed by atoms with van der Waals surface area (Å²) in [5.41, 5.74) is 1.63. The Morgan fingerprint density at radius 2 is 2.00 bits per heavy atom. The molecule has 0 unspecified atom stereocenters. The van der Waals surface area contributed by atoms with Gasteiger partial charge < -0.3 is 5.32 Å². The molecule has 1 fully saturated rings. The van der Waals surface area contributed by atoms with Crippen molar-refractivity contribution >= 4 is 11.6 Å². The van der Waals surface area contributed by atoms with E-state index >= 15 is 0 Å². The predicted molar refractivity (Wildman–Crippen MR) is 105 cm³/mol. The van der Waals surface area contributed by atoms with Crippen LogP contribution in [0.15, 0.2) is 42.7 Å². The Hall–Kier alpha value is -2.94. The van der Waals surface area contributed by atoms with Gasteiger partial charge in [-0.25, -0.2) is 9.50 Å². The lowest BCUT2D eigenvalue weighted by Crippen LogP contribution is -2.44. The number of carbonyl (C=O) groups excluding carboxylic acids is 1. The molecule has 1 aliphatic rings. The number of aromatic nitrogens is 3. The van der Waals surface area contributed by atoms with Crippen LogP contribution in [0.3, 0.4) is 0 Å². The zero-order valence-corrected chi connectivity index (χ0v) is 16.5. The summed E-state index contributed by atoms with van der Waals surface area (Å²) in [6, 6.07) is 7.20. The Labute approximate surface area is 171 Å². The minimum absolute atomic E-state index is 0.00771. The highest BCUT2D eigenvalue weighted by atomic mass is 19.4. The molecule has 1 amide bonds. The SMILES string of the molecule is Cc1nn2cccnc2c1C(=O)NC1CCN(Cc2cccc(C(F)(F)F)c2)CC1. The van der Waals surface area contributed by atoms with Crippen molar-refractivity contribution in [3.05, 3.63) is 65.1 Å². The van der Waals surface area contributed by atoms with Crippen LogP contribution in [0.5, 0.6) is 0 Å². The lowest BCUT2D eigenvalue weighted by Gasteiger charge is -2.32. The van der Waals surface area contributed by atoms with Gasteiger partial charge in [0.2, 0.25) is 0 Å². The predicted octanol–water partition coefficient (Wildman–Crippen LogP) is 3.45. The maximum atomic E-state index is 12.9. The number of benzene rings is 1. The lowest BCUT2D eigenvalue weighted by molar-refractivity contribution is -0.137. The number of piperidine rings is 1. The molecule has 0 saturated carbocycles. The first-order chi connectivity index (χ1) is 14.3. The van der Waals surface area contributed by atoms with Crippen molar-refractivity contribution in [2.75, 3.05) is 13.1 Å². The largest absolute Gasteiger partial charge is 0.416 e. The third kappa shape index (κ3) is 4.30. The topological polar surface area (TPSA) is 62.5 Å². The maximum absolute atomic E-state index is 12.9. The molecule has 6 nitrogen and oxygen atoms in total. The van der Waals surface area contributed by atoms with Crippen LogP contribution in [0.4, 0.5) is 13.2 Å². The molecule has 30 heavy (non-hydrogen) atoms. The number of likely N-dealkylation sites (tertiary alicyclic amines) is 1. The van der Waals surface area contributed by atoms with Gasteiger partial charge in [0, 0.05) is 38.1 Å². The second-order valence-corrected chi connectivity index (χ2v) is 7.57. The molecule has 0 bridgehead atoms. The Morgan fingerprint density at radius 3 is 2.73 bits per heavy atom. The Kier molecular flexibility index (Phi) is 5.46. The van der Waals surface area contributed by atoms with Crippen LogP contribution >= 0.6 is 0 Å². The number of hydrogen-bond donors (Lipinski definition) is 1.